The summed E-state index contributed by atoms with van der Waals surface area (Å²) in [6.07, 6.45) is -0.114. The molecule has 32 heteroatoms. The minimum absolute atomic E-state index is 0.0428. The quantitative estimate of drug-likeness (QED) is 0.0334. The van der Waals surface area contributed by atoms with Crippen LogP contribution < -0.4 is 31.9 Å². The predicted molar refractivity (Wildman–Crippen MR) is 268 cm³/mol. The van der Waals surface area contributed by atoms with Crippen LogP contribution in [-0.2, 0) is 70.4 Å². The summed E-state index contributed by atoms with van der Waals surface area (Å²) in [6.45, 7) is -2.39. The van der Waals surface area contributed by atoms with Gasteiger partial charge in [-0.2, -0.15) is 0 Å². The number of imidazole rings is 1. The highest BCUT2D eigenvalue weighted by molar-refractivity contribution is 5.97. The highest BCUT2D eigenvalue weighted by atomic mass is 16.4. The molecule has 79 heavy (non-hydrogen) atoms. The van der Waals surface area contributed by atoms with E-state index in [0.717, 1.165) is 6.92 Å². The first-order valence-electron chi connectivity index (χ1n) is 24.7. The fourth-order valence-corrected chi connectivity index (χ4v) is 8.05. The summed E-state index contributed by atoms with van der Waals surface area (Å²) in [5.74, 6) is -14.7. The van der Waals surface area contributed by atoms with Crippen molar-refractivity contribution in [2.75, 3.05) is 85.2 Å². The number of aromatic amines is 1. The number of carbonyl (C=O) groups excluding carboxylic acids is 6. The molecule has 436 valence electrons. The summed E-state index contributed by atoms with van der Waals surface area (Å²) in [5, 5.41) is 91.2. The summed E-state index contributed by atoms with van der Waals surface area (Å²) in [6, 6.07) is -3.41. The lowest BCUT2D eigenvalue weighted by atomic mass is 10.0. The number of nitrogens with one attached hydrogen (secondary N) is 7. The number of carboxylic acid groups (broad SMARTS) is 6. The second-order valence-electron chi connectivity index (χ2n) is 18.3. The molecule has 2 heterocycles. The molecule has 1 fully saturated rings. The molecule has 2 aromatic rings. The van der Waals surface area contributed by atoms with Gasteiger partial charge in [0.15, 0.2) is 0 Å². The molecule has 1 unspecified atom stereocenters. The first kappa shape index (κ1) is 65.1. The average Bonchev–Trinajstić information content (AvgIpc) is 3.90. The van der Waals surface area contributed by atoms with Gasteiger partial charge in [0, 0.05) is 83.5 Å². The number of carboxylic acids is 6. The number of amides is 6. The third kappa shape index (κ3) is 23.9. The second-order valence-corrected chi connectivity index (χ2v) is 18.3. The fraction of sp³-hybridized carbons (Fsp3) is 0.553. The van der Waals surface area contributed by atoms with Crippen LogP contribution in [0.4, 0.5) is 0 Å². The maximum Gasteiger partial charge on any atom is 0.328 e. The number of aromatic nitrogens is 2. The molecule has 6 amide bonds. The zero-order valence-electron chi connectivity index (χ0n) is 43.0. The molecule has 15 N–H and O–H groups in total. The van der Waals surface area contributed by atoms with E-state index < -0.39 is 166 Å². The van der Waals surface area contributed by atoms with E-state index in [4.69, 9.17) is 0 Å². The lowest BCUT2D eigenvalue weighted by molar-refractivity contribution is -0.145. The number of carbonyl (C=O) groups is 12. The van der Waals surface area contributed by atoms with Crippen LogP contribution in [-0.4, -0.2) is 269 Å². The molecule has 1 saturated heterocycles. The number of hydrogen-bond donors (Lipinski definition) is 15. The molecule has 1 aromatic heterocycles. The van der Waals surface area contributed by atoms with Crippen molar-refractivity contribution < 1.29 is 98.4 Å². The van der Waals surface area contributed by atoms with Gasteiger partial charge in [-0.25, -0.2) is 9.78 Å². The Bertz CT molecular complexity index is 2380. The zero-order valence-corrected chi connectivity index (χ0v) is 43.0. The summed E-state index contributed by atoms with van der Waals surface area (Å²) >= 11 is 0. The summed E-state index contributed by atoms with van der Waals surface area (Å²) in [4.78, 5) is 165. The summed E-state index contributed by atoms with van der Waals surface area (Å²) < 4.78 is 0. The maximum absolute atomic E-state index is 13.8. The van der Waals surface area contributed by atoms with E-state index in [-0.39, 0.29) is 70.9 Å². The van der Waals surface area contributed by atoms with Gasteiger partial charge in [0.2, 0.25) is 35.4 Å². The number of aliphatic carboxylic acids is 6. The van der Waals surface area contributed by atoms with Crippen LogP contribution in [0.2, 0.25) is 0 Å². The lowest BCUT2D eigenvalue weighted by Gasteiger charge is -2.35. The monoisotopic (exact) mass is 1120 g/mol. The fourth-order valence-electron chi connectivity index (χ4n) is 8.05. The molecule has 0 spiro atoms. The topological polar surface area (TPSA) is 480 Å². The normalized spacial score (nSPS) is 16.7. The number of H-pyrrole nitrogens is 1. The minimum atomic E-state index is -1.86. The number of benzene rings is 1. The van der Waals surface area contributed by atoms with Crippen molar-refractivity contribution in [3.8, 4) is 0 Å². The number of nitrogens with zero attached hydrogens (tertiary/aromatic N) is 5. The van der Waals surface area contributed by atoms with Crippen molar-refractivity contribution in [2.45, 2.75) is 81.3 Å². The van der Waals surface area contributed by atoms with Gasteiger partial charge < -0.3 is 77.7 Å². The molecule has 0 bridgehead atoms. The van der Waals surface area contributed by atoms with Gasteiger partial charge >= 0.3 is 35.8 Å². The molecule has 32 nitrogen and oxygen atoms in total. The molecule has 0 saturated carbocycles. The van der Waals surface area contributed by atoms with Gasteiger partial charge in [-0.05, 0) is 18.9 Å². The Balaban J connectivity index is 1.75. The van der Waals surface area contributed by atoms with Crippen molar-refractivity contribution in [2.24, 2.45) is 0 Å². The molecule has 1 aromatic carbocycles. The van der Waals surface area contributed by atoms with Gasteiger partial charge in [0.25, 0.3) is 0 Å². The Hall–Kier alpha value is -8.17. The largest absolute Gasteiger partial charge is 0.481 e. The van der Waals surface area contributed by atoms with E-state index in [2.05, 4.69) is 41.9 Å². The van der Waals surface area contributed by atoms with Crippen LogP contribution in [0.3, 0.4) is 0 Å². The van der Waals surface area contributed by atoms with Gasteiger partial charge in [0.05, 0.1) is 45.6 Å². The zero-order chi connectivity index (χ0) is 58.8. The second kappa shape index (κ2) is 33.2. The molecule has 0 aliphatic carbocycles. The Labute approximate surface area is 450 Å². The minimum Gasteiger partial charge on any atom is -0.481 e. The Morgan fingerprint density at radius 3 is 1.44 bits per heavy atom. The Kier molecular flexibility index (Phi) is 27.4. The third-order valence-corrected chi connectivity index (χ3v) is 12.2. The third-order valence-electron chi connectivity index (χ3n) is 12.2. The van der Waals surface area contributed by atoms with Gasteiger partial charge in [0.1, 0.15) is 42.3 Å². The van der Waals surface area contributed by atoms with Crippen LogP contribution in [0.5, 0.6) is 0 Å². The summed E-state index contributed by atoms with van der Waals surface area (Å²) in [7, 11) is 0. The molecule has 1 aliphatic heterocycles. The number of rotatable bonds is 31. The highest BCUT2D eigenvalue weighted by Gasteiger charge is 2.35. The van der Waals surface area contributed by atoms with E-state index in [9.17, 15) is 98.4 Å². The van der Waals surface area contributed by atoms with E-state index in [1.165, 1.54) is 32.1 Å². The molecule has 1 aliphatic rings. The van der Waals surface area contributed by atoms with E-state index in [1.807, 2.05) is 0 Å². The molecular weight excluding hydrogens is 1050 g/mol. The van der Waals surface area contributed by atoms with Gasteiger partial charge in [-0.15, -0.1) is 0 Å². The van der Waals surface area contributed by atoms with Crippen LogP contribution in [0.25, 0.3) is 0 Å². The smallest absolute Gasteiger partial charge is 0.328 e. The van der Waals surface area contributed by atoms with Crippen molar-refractivity contribution in [3.63, 3.8) is 0 Å². The molecule has 0 radical (unpaired) electrons. The Morgan fingerprint density at radius 2 is 0.987 bits per heavy atom. The maximum atomic E-state index is 13.8. The average molecular weight is 1120 g/mol. The van der Waals surface area contributed by atoms with Crippen LogP contribution in [0, 0.1) is 0 Å². The standard InChI is InChI=1S/C47H68N12O20/c1-27(41(71)52-31(18-29-20-48-26-49-29)44(74)54-33(24-60)45(75)53-30(17-28-5-3-2-4-6-28)43(73)55-34(25-61)46(76)77)50-42(72)32(19-37(63)64)51-36(62)8-7-35(47(78)79)59-15-13-57(22-39(67)68)11-9-56(21-38(65)66)10-12-58(14-16-59)23-40(69)70/h2-6,20,26-27,30-35,60-61H,7-19,21-25H2,1H3,(H,48,49)(H,50,72)(H,51,62)(H,52,71)(H,53,75)(H,54,74)(H,55,73)(H,63,64)(H,65,66)(H,67,68)(H,69,70)(H,76,77)(H,78,79)/t27-,30-,31-,32-,33-,34-,35?/m0/s1. The summed E-state index contributed by atoms with van der Waals surface area (Å²) in [5.41, 5.74) is 0.771. The molecular formula is C47H68N12O20. The van der Waals surface area contributed by atoms with E-state index in [1.54, 1.807) is 30.3 Å². The number of hydrogen-bond acceptors (Lipinski definition) is 19. The van der Waals surface area contributed by atoms with Crippen LogP contribution in [0.1, 0.15) is 37.4 Å². The number of aliphatic hydroxyl groups excluding tert-OH is 2. The predicted octanol–water partition coefficient (Wildman–Crippen LogP) is -6.62. The molecule has 7 atom stereocenters. The van der Waals surface area contributed by atoms with Gasteiger partial charge in [-0.3, -0.25) is 72.3 Å². The van der Waals surface area contributed by atoms with Crippen molar-refractivity contribution >= 4 is 71.3 Å². The van der Waals surface area contributed by atoms with E-state index in [0.29, 0.717) is 5.56 Å². The number of aliphatic hydroxyl groups is 2. The van der Waals surface area contributed by atoms with Crippen LogP contribution >= 0.6 is 0 Å². The van der Waals surface area contributed by atoms with Crippen molar-refractivity contribution in [3.05, 3.63) is 54.1 Å². The lowest BCUT2D eigenvalue weighted by Crippen LogP contribution is -2.60. The first-order valence-corrected chi connectivity index (χ1v) is 24.7. The SMILES string of the molecule is C[C@H](NC(=O)[C@H](CC(=O)O)NC(=O)CCC(C(=O)O)N1CCN(CC(=O)O)CCN(CC(=O)O)CCN(CC(=O)O)CC1)C(=O)N[C@@H](Cc1cnc[nH]1)C(=O)N[C@@H](CO)C(=O)N[C@@H](Cc1ccccc1)C(=O)N[C@@H](CO)C(=O)O. The van der Waals surface area contributed by atoms with E-state index >= 15 is 0 Å². The first-order chi connectivity index (χ1) is 37.4. The molecule has 3 rings (SSSR count). The van der Waals surface area contributed by atoms with Crippen molar-refractivity contribution in [1.29, 1.82) is 0 Å². The Morgan fingerprint density at radius 1 is 0.532 bits per heavy atom. The van der Waals surface area contributed by atoms with Gasteiger partial charge in [-0.1, -0.05) is 30.3 Å². The highest BCUT2D eigenvalue weighted by Crippen LogP contribution is 2.12. The van der Waals surface area contributed by atoms with Crippen LogP contribution in [0.15, 0.2) is 42.9 Å². The van der Waals surface area contributed by atoms with Crippen molar-refractivity contribution in [1.82, 2.24) is 61.5 Å².